The molecule has 2 aromatic rings. The molecule has 0 radical (unpaired) electrons. The van der Waals surface area contributed by atoms with E-state index in [4.69, 9.17) is 4.74 Å². The van der Waals surface area contributed by atoms with Crippen LogP contribution in [0.25, 0.3) is 0 Å². The van der Waals surface area contributed by atoms with Gasteiger partial charge >= 0.3 is 0 Å². The fourth-order valence-corrected chi connectivity index (χ4v) is 1.66. The molecule has 1 N–H and O–H groups in total. The van der Waals surface area contributed by atoms with E-state index in [0.29, 0.717) is 11.7 Å². The van der Waals surface area contributed by atoms with Crippen LogP contribution in [-0.4, -0.2) is 16.5 Å². The number of anilines is 1. The SMILES string of the molecule is CCCNc1cc(Oc2ccc(C)cc2)nc(C)n1. The van der Waals surface area contributed by atoms with E-state index in [2.05, 4.69) is 22.2 Å². The lowest BCUT2D eigenvalue weighted by atomic mass is 10.2. The van der Waals surface area contributed by atoms with E-state index < -0.39 is 0 Å². The first-order valence-corrected chi connectivity index (χ1v) is 6.51. The van der Waals surface area contributed by atoms with Crippen LogP contribution in [0.15, 0.2) is 30.3 Å². The highest BCUT2D eigenvalue weighted by Gasteiger charge is 2.03. The Morgan fingerprint density at radius 1 is 1.11 bits per heavy atom. The summed E-state index contributed by atoms with van der Waals surface area (Å²) in [5, 5.41) is 3.24. The number of ether oxygens (including phenoxy) is 1. The second kappa shape index (κ2) is 6.18. The van der Waals surface area contributed by atoms with E-state index in [0.717, 1.165) is 24.5 Å². The van der Waals surface area contributed by atoms with Crippen LogP contribution in [0.1, 0.15) is 24.7 Å². The molecule has 0 saturated carbocycles. The molecule has 0 spiro atoms. The average molecular weight is 257 g/mol. The van der Waals surface area contributed by atoms with E-state index >= 15 is 0 Å². The van der Waals surface area contributed by atoms with E-state index in [9.17, 15) is 0 Å². The summed E-state index contributed by atoms with van der Waals surface area (Å²) in [7, 11) is 0. The van der Waals surface area contributed by atoms with Gasteiger partial charge in [-0.15, -0.1) is 0 Å². The van der Waals surface area contributed by atoms with Gasteiger partial charge in [-0.2, -0.15) is 4.98 Å². The lowest BCUT2D eigenvalue weighted by molar-refractivity contribution is 0.460. The van der Waals surface area contributed by atoms with Crippen molar-refractivity contribution in [2.45, 2.75) is 27.2 Å². The number of aryl methyl sites for hydroxylation is 2. The van der Waals surface area contributed by atoms with Crippen LogP contribution >= 0.6 is 0 Å². The standard InChI is InChI=1S/C15H19N3O/c1-4-9-16-14-10-15(18-12(3)17-14)19-13-7-5-11(2)6-8-13/h5-8,10H,4,9H2,1-3H3,(H,16,17,18). The summed E-state index contributed by atoms with van der Waals surface area (Å²) in [4.78, 5) is 8.61. The van der Waals surface area contributed by atoms with Crippen molar-refractivity contribution in [2.75, 3.05) is 11.9 Å². The number of hydrogen-bond donors (Lipinski definition) is 1. The zero-order valence-corrected chi connectivity index (χ0v) is 11.6. The Morgan fingerprint density at radius 3 is 2.53 bits per heavy atom. The molecule has 0 aliphatic rings. The molecule has 4 nitrogen and oxygen atoms in total. The van der Waals surface area contributed by atoms with Gasteiger partial charge in [-0.25, -0.2) is 4.98 Å². The van der Waals surface area contributed by atoms with Crippen molar-refractivity contribution in [3.05, 3.63) is 41.7 Å². The number of nitrogens with one attached hydrogen (secondary N) is 1. The van der Waals surface area contributed by atoms with E-state index in [1.807, 2.05) is 44.2 Å². The fraction of sp³-hybridized carbons (Fsp3) is 0.333. The highest BCUT2D eigenvalue weighted by molar-refractivity contribution is 5.40. The predicted molar refractivity (Wildman–Crippen MR) is 76.8 cm³/mol. The van der Waals surface area contributed by atoms with Crippen LogP contribution in [0.3, 0.4) is 0 Å². The van der Waals surface area contributed by atoms with Gasteiger partial charge in [-0.1, -0.05) is 24.6 Å². The zero-order valence-electron chi connectivity index (χ0n) is 11.6. The fourth-order valence-electron chi connectivity index (χ4n) is 1.66. The summed E-state index contributed by atoms with van der Waals surface area (Å²) in [5.41, 5.74) is 1.21. The van der Waals surface area contributed by atoms with E-state index in [1.54, 1.807) is 0 Å². The summed E-state index contributed by atoms with van der Waals surface area (Å²) in [6, 6.07) is 9.72. The van der Waals surface area contributed by atoms with E-state index in [-0.39, 0.29) is 0 Å². The molecular weight excluding hydrogens is 238 g/mol. The maximum atomic E-state index is 5.74. The molecule has 0 unspecified atom stereocenters. The first-order chi connectivity index (χ1) is 9.17. The van der Waals surface area contributed by atoms with Crippen molar-refractivity contribution in [3.63, 3.8) is 0 Å². The molecular formula is C15H19N3O. The first kappa shape index (κ1) is 13.3. The molecule has 4 heteroatoms. The van der Waals surface area contributed by atoms with Crippen molar-refractivity contribution in [3.8, 4) is 11.6 Å². The number of aromatic nitrogens is 2. The molecule has 0 saturated heterocycles. The average Bonchev–Trinajstić information content (AvgIpc) is 2.38. The van der Waals surface area contributed by atoms with Gasteiger partial charge in [0.2, 0.25) is 5.88 Å². The van der Waals surface area contributed by atoms with E-state index in [1.165, 1.54) is 5.56 Å². The Kier molecular flexibility index (Phi) is 4.34. The van der Waals surface area contributed by atoms with Crippen LogP contribution in [-0.2, 0) is 0 Å². The molecule has 100 valence electrons. The Hall–Kier alpha value is -2.10. The Bertz CT molecular complexity index is 538. The molecule has 0 fully saturated rings. The number of nitrogens with zero attached hydrogens (tertiary/aromatic N) is 2. The van der Waals surface area contributed by atoms with Gasteiger partial charge in [0.15, 0.2) is 0 Å². The molecule has 0 amide bonds. The number of hydrogen-bond acceptors (Lipinski definition) is 4. The minimum absolute atomic E-state index is 0.565. The van der Waals surface area contributed by atoms with Crippen molar-refractivity contribution >= 4 is 5.82 Å². The van der Waals surface area contributed by atoms with Gasteiger partial charge in [0.25, 0.3) is 0 Å². The molecule has 0 aliphatic heterocycles. The van der Waals surface area contributed by atoms with Crippen LogP contribution in [0, 0.1) is 13.8 Å². The molecule has 1 aromatic heterocycles. The minimum Gasteiger partial charge on any atom is -0.439 e. The lowest BCUT2D eigenvalue weighted by Crippen LogP contribution is -2.04. The molecule has 0 aliphatic carbocycles. The molecule has 1 aromatic carbocycles. The topological polar surface area (TPSA) is 47.0 Å². The van der Waals surface area contributed by atoms with Gasteiger partial charge in [-0.3, -0.25) is 0 Å². The summed E-state index contributed by atoms with van der Waals surface area (Å²) < 4.78 is 5.74. The molecule has 1 heterocycles. The van der Waals surface area contributed by atoms with Crippen LogP contribution < -0.4 is 10.1 Å². The van der Waals surface area contributed by atoms with Crippen molar-refractivity contribution in [2.24, 2.45) is 0 Å². The third-order valence-electron chi connectivity index (χ3n) is 2.61. The largest absolute Gasteiger partial charge is 0.439 e. The summed E-state index contributed by atoms with van der Waals surface area (Å²) in [6.07, 6.45) is 1.05. The first-order valence-electron chi connectivity index (χ1n) is 6.51. The van der Waals surface area contributed by atoms with Crippen LogP contribution in [0.5, 0.6) is 11.6 Å². The van der Waals surface area contributed by atoms with Gasteiger partial charge in [-0.05, 0) is 32.4 Å². The Labute approximate surface area is 113 Å². The maximum Gasteiger partial charge on any atom is 0.224 e. The van der Waals surface area contributed by atoms with Crippen molar-refractivity contribution < 1.29 is 4.74 Å². The molecule has 0 atom stereocenters. The summed E-state index contributed by atoms with van der Waals surface area (Å²) in [5.74, 6) is 2.85. The number of benzene rings is 1. The second-order valence-corrected chi connectivity index (χ2v) is 4.48. The lowest BCUT2D eigenvalue weighted by Gasteiger charge is -2.09. The Morgan fingerprint density at radius 2 is 1.84 bits per heavy atom. The van der Waals surface area contributed by atoms with Gasteiger partial charge in [0, 0.05) is 12.6 Å². The quantitative estimate of drug-likeness (QED) is 0.887. The molecule has 19 heavy (non-hydrogen) atoms. The highest BCUT2D eigenvalue weighted by atomic mass is 16.5. The van der Waals surface area contributed by atoms with Gasteiger partial charge < -0.3 is 10.1 Å². The number of rotatable bonds is 5. The van der Waals surface area contributed by atoms with Gasteiger partial charge in [0.05, 0.1) is 0 Å². The zero-order chi connectivity index (χ0) is 13.7. The molecule has 0 bridgehead atoms. The Balaban J connectivity index is 2.15. The third-order valence-corrected chi connectivity index (χ3v) is 2.61. The summed E-state index contributed by atoms with van der Waals surface area (Å²) >= 11 is 0. The van der Waals surface area contributed by atoms with Crippen molar-refractivity contribution in [1.82, 2.24) is 9.97 Å². The second-order valence-electron chi connectivity index (χ2n) is 4.48. The maximum absolute atomic E-state index is 5.74. The third kappa shape index (κ3) is 3.95. The van der Waals surface area contributed by atoms with Crippen molar-refractivity contribution in [1.29, 1.82) is 0 Å². The minimum atomic E-state index is 0.565. The predicted octanol–water partition coefficient (Wildman–Crippen LogP) is 3.71. The smallest absolute Gasteiger partial charge is 0.224 e. The van der Waals surface area contributed by atoms with Crippen LogP contribution in [0.4, 0.5) is 5.82 Å². The highest BCUT2D eigenvalue weighted by Crippen LogP contribution is 2.21. The monoisotopic (exact) mass is 257 g/mol. The summed E-state index contributed by atoms with van der Waals surface area (Å²) in [6.45, 7) is 6.91. The van der Waals surface area contributed by atoms with Crippen LogP contribution in [0.2, 0.25) is 0 Å². The normalized spacial score (nSPS) is 10.3. The molecule has 2 rings (SSSR count). The van der Waals surface area contributed by atoms with Gasteiger partial charge in [0.1, 0.15) is 17.4 Å².